The molecule has 5 heteroatoms. The van der Waals surface area contributed by atoms with Crippen LogP contribution in [0.15, 0.2) is 8.68 Å². The first kappa shape index (κ1) is 21.3. The summed E-state index contributed by atoms with van der Waals surface area (Å²) in [4.78, 5) is 0. The smallest absolute Gasteiger partial charge is 0.131 e. The second kappa shape index (κ2) is 10.3. The van der Waals surface area contributed by atoms with Gasteiger partial charge in [-0.05, 0) is 12.8 Å². The van der Waals surface area contributed by atoms with Gasteiger partial charge in [0, 0.05) is 9.49 Å². The van der Waals surface area contributed by atoms with Crippen LogP contribution >= 0.6 is 34.9 Å². The summed E-state index contributed by atoms with van der Waals surface area (Å²) in [7, 11) is 0. The van der Waals surface area contributed by atoms with E-state index in [1.165, 1.54) is 51.4 Å². The van der Waals surface area contributed by atoms with E-state index in [1.54, 1.807) is 11.3 Å². The number of hydrogen-bond donors (Lipinski definition) is 0. The van der Waals surface area contributed by atoms with Crippen LogP contribution in [0.2, 0.25) is 0 Å². The first-order valence-corrected chi connectivity index (χ1v) is 11.4. The molecule has 134 valence electrons. The molecule has 0 atom stereocenters. The molecule has 0 fully saturated rings. The van der Waals surface area contributed by atoms with E-state index in [4.69, 9.17) is 0 Å². The molecule has 0 aliphatic rings. The van der Waals surface area contributed by atoms with Gasteiger partial charge in [0.05, 0.1) is 0 Å². The molecule has 0 amide bonds. The number of rotatable bonds is 12. The highest BCUT2D eigenvalue weighted by Gasteiger charge is 2.24. The van der Waals surface area contributed by atoms with Crippen molar-refractivity contribution in [2.45, 2.75) is 111 Å². The Hall–Kier alpha value is 0.260. The predicted molar refractivity (Wildman–Crippen MR) is 108 cm³/mol. The summed E-state index contributed by atoms with van der Waals surface area (Å²) in [6.07, 6.45) is 10.3. The summed E-state index contributed by atoms with van der Waals surface area (Å²) in [6.45, 7) is 13.8. The van der Waals surface area contributed by atoms with Gasteiger partial charge in [0.15, 0.2) is 8.68 Å². The highest BCUT2D eigenvalue weighted by Crippen LogP contribution is 2.42. The molecule has 1 aromatic rings. The maximum absolute atomic E-state index is 4.42. The van der Waals surface area contributed by atoms with E-state index in [1.807, 2.05) is 23.5 Å². The minimum Gasteiger partial charge on any atom is -0.131 e. The molecule has 0 aliphatic carbocycles. The Bertz CT molecular complexity index is 403. The molecule has 0 saturated carbocycles. The van der Waals surface area contributed by atoms with E-state index < -0.39 is 0 Å². The van der Waals surface area contributed by atoms with Crippen LogP contribution in [0.4, 0.5) is 0 Å². The maximum Gasteiger partial charge on any atom is 0.175 e. The van der Waals surface area contributed by atoms with Crippen molar-refractivity contribution in [1.82, 2.24) is 10.2 Å². The van der Waals surface area contributed by atoms with Crippen LogP contribution in [-0.4, -0.2) is 19.7 Å². The second-order valence-electron chi connectivity index (χ2n) is 7.47. The Labute approximate surface area is 156 Å². The summed E-state index contributed by atoms with van der Waals surface area (Å²) in [5.41, 5.74) is 0. The number of nitrogens with zero attached hydrogens (tertiary/aromatic N) is 2. The largest absolute Gasteiger partial charge is 0.175 e. The van der Waals surface area contributed by atoms with Gasteiger partial charge in [-0.1, -0.05) is 115 Å². The fourth-order valence-corrected chi connectivity index (χ4v) is 6.69. The second-order valence-corrected chi connectivity index (χ2v) is 12.4. The van der Waals surface area contributed by atoms with Gasteiger partial charge >= 0.3 is 0 Å². The average Bonchev–Trinajstić information content (AvgIpc) is 2.84. The van der Waals surface area contributed by atoms with Crippen LogP contribution < -0.4 is 0 Å². The van der Waals surface area contributed by atoms with E-state index in [2.05, 4.69) is 51.7 Å². The molecule has 0 saturated heterocycles. The van der Waals surface area contributed by atoms with Crippen LogP contribution in [-0.2, 0) is 0 Å². The van der Waals surface area contributed by atoms with Crippen LogP contribution in [0, 0.1) is 0 Å². The van der Waals surface area contributed by atoms with Crippen LogP contribution in [0.5, 0.6) is 0 Å². The first-order chi connectivity index (χ1) is 10.8. The topological polar surface area (TPSA) is 25.8 Å². The van der Waals surface area contributed by atoms with E-state index in [9.17, 15) is 0 Å². The molecule has 0 spiro atoms. The molecule has 0 aliphatic heterocycles. The monoisotopic (exact) mass is 374 g/mol. The fraction of sp³-hybridized carbons (Fsp3) is 0.889. The lowest BCUT2D eigenvalue weighted by atomic mass is 10.0. The van der Waals surface area contributed by atoms with Crippen molar-refractivity contribution in [3.63, 3.8) is 0 Å². The maximum atomic E-state index is 4.42. The Balaban J connectivity index is 2.50. The lowest BCUT2D eigenvalue weighted by Gasteiger charge is -2.22. The van der Waals surface area contributed by atoms with Crippen LogP contribution in [0.1, 0.15) is 92.9 Å². The molecule has 0 unspecified atom stereocenters. The van der Waals surface area contributed by atoms with Gasteiger partial charge in [-0.3, -0.25) is 0 Å². The Morgan fingerprint density at radius 2 is 1.13 bits per heavy atom. The lowest BCUT2D eigenvalue weighted by Crippen LogP contribution is -2.13. The summed E-state index contributed by atoms with van der Waals surface area (Å²) >= 11 is 5.56. The van der Waals surface area contributed by atoms with Gasteiger partial charge in [0.25, 0.3) is 0 Å². The summed E-state index contributed by atoms with van der Waals surface area (Å²) in [5, 5.41) is 8.84. The molecule has 0 aromatic carbocycles. The van der Waals surface area contributed by atoms with Gasteiger partial charge in [-0.15, -0.1) is 10.2 Å². The fourth-order valence-electron chi connectivity index (χ4n) is 2.46. The van der Waals surface area contributed by atoms with E-state index >= 15 is 0 Å². The molecule has 23 heavy (non-hydrogen) atoms. The van der Waals surface area contributed by atoms with Crippen molar-refractivity contribution in [1.29, 1.82) is 0 Å². The normalized spacial score (nSPS) is 12.8. The first-order valence-electron chi connectivity index (χ1n) is 8.99. The Morgan fingerprint density at radius 3 is 1.48 bits per heavy atom. The van der Waals surface area contributed by atoms with Gasteiger partial charge in [0.1, 0.15) is 0 Å². The number of hydrogen-bond acceptors (Lipinski definition) is 5. The zero-order valence-corrected chi connectivity index (χ0v) is 18.2. The van der Waals surface area contributed by atoms with Crippen molar-refractivity contribution in [3.8, 4) is 0 Å². The summed E-state index contributed by atoms with van der Waals surface area (Å²) < 4.78 is 2.76. The highest BCUT2D eigenvalue weighted by atomic mass is 32.2. The molecule has 2 nitrogen and oxygen atoms in total. The van der Waals surface area contributed by atoms with Crippen LogP contribution in [0.3, 0.4) is 0 Å². The molecular weight excluding hydrogens is 340 g/mol. The Morgan fingerprint density at radius 1 is 0.739 bits per heavy atom. The molecule has 1 rings (SSSR count). The number of thioether (sulfide) groups is 2. The van der Waals surface area contributed by atoms with Crippen LogP contribution in [0.25, 0.3) is 0 Å². The molecular formula is C18H34N2S3. The molecule has 1 heterocycles. The number of aromatic nitrogens is 2. The SMILES string of the molecule is CCCCCC(C)(C)Sc1nnc(SC(C)(C)CCCCC)s1. The molecule has 0 bridgehead atoms. The standard InChI is InChI=1S/C18H34N2S3/c1-7-9-11-13-17(3,4)22-15-19-20-16(21-15)23-18(5,6)14-12-10-8-2/h7-14H2,1-6H3. The van der Waals surface area contributed by atoms with E-state index in [0.29, 0.717) is 0 Å². The van der Waals surface area contributed by atoms with E-state index in [-0.39, 0.29) is 9.49 Å². The van der Waals surface area contributed by atoms with Gasteiger partial charge in [0.2, 0.25) is 0 Å². The van der Waals surface area contributed by atoms with Crippen molar-refractivity contribution >= 4 is 34.9 Å². The van der Waals surface area contributed by atoms with E-state index in [0.717, 1.165) is 8.68 Å². The molecule has 1 aromatic heterocycles. The Kier molecular flexibility index (Phi) is 9.54. The third-order valence-corrected chi connectivity index (χ3v) is 7.42. The zero-order valence-electron chi connectivity index (χ0n) is 15.8. The van der Waals surface area contributed by atoms with Crippen molar-refractivity contribution in [2.24, 2.45) is 0 Å². The third-order valence-electron chi connectivity index (χ3n) is 3.88. The van der Waals surface area contributed by atoms with Gasteiger partial charge < -0.3 is 0 Å². The lowest BCUT2D eigenvalue weighted by molar-refractivity contribution is 0.572. The van der Waals surface area contributed by atoms with Crippen molar-refractivity contribution in [2.75, 3.05) is 0 Å². The molecule has 0 N–H and O–H groups in total. The van der Waals surface area contributed by atoms with Gasteiger partial charge in [-0.2, -0.15) is 0 Å². The third kappa shape index (κ3) is 9.35. The van der Waals surface area contributed by atoms with Gasteiger partial charge in [-0.25, -0.2) is 0 Å². The van der Waals surface area contributed by atoms with Crippen molar-refractivity contribution < 1.29 is 0 Å². The zero-order chi connectivity index (χ0) is 17.3. The molecule has 0 radical (unpaired) electrons. The highest BCUT2D eigenvalue weighted by molar-refractivity contribution is 8.04. The summed E-state index contributed by atoms with van der Waals surface area (Å²) in [6, 6.07) is 0. The predicted octanol–water partition coefficient (Wildman–Crippen LogP) is 7.44. The summed E-state index contributed by atoms with van der Waals surface area (Å²) in [5.74, 6) is 0. The van der Waals surface area contributed by atoms with Crippen molar-refractivity contribution in [3.05, 3.63) is 0 Å². The quantitative estimate of drug-likeness (QED) is 0.280. The minimum atomic E-state index is 0.257. The average molecular weight is 375 g/mol. The minimum absolute atomic E-state index is 0.257. The number of unbranched alkanes of at least 4 members (excludes halogenated alkanes) is 4.